The molecule has 0 radical (unpaired) electrons. The van der Waals surface area contributed by atoms with E-state index in [1.165, 1.54) is 145 Å². The Morgan fingerprint density at radius 3 is 1.75 bits per heavy atom. The first-order valence-electron chi connectivity index (χ1n) is 25.0. The van der Waals surface area contributed by atoms with E-state index >= 15 is 0 Å². The molecule has 5 fully saturated rings. The van der Waals surface area contributed by atoms with Crippen molar-refractivity contribution in [2.45, 2.75) is 232 Å². The van der Waals surface area contributed by atoms with E-state index in [4.69, 9.17) is 13.2 Å². The van der Waals surface area contributed by atoms with Crippen LogP contribution in [0.2, 0.25) is 0 Å². The topological polar surface area (TPSA) is 0 Å². The second-order valence-corrected chi connectivity index (χ2v) is 25.0. The monoisotopic (exact) mass is 783 g/mol. The van der Waals surface area contributed by atoms with Gasteiger partial charge in [0.25, 0.3) is 0 Å². The lowest BCUT2D eigenvalue weighted by atomic mass is 9.23. The van der Waals surface area contributed by atoms with Crippen molar-refractivity contribution in [1.29, 1.82) is 0 Å². The Hall–Kier alpha value is -1.04. The molecule has 0 bridgehead atoms. The number of allylic oxidation sites excluding steroid dienone is 4. The van der Waals surface area contributed by atoms with E-state index in [-0.39, 0.29) is 10.8 Å². The van der Waals surface area contributed by atoms with Gasteiger partial charge in [-0.25, -0.2) is 0 Å². The lowest BCUT2D eigenvalue weighted by molar-refractivity contribution is -0.322. The lowest BCUT2D eigenvalue weighted by Crippen LogP contribution is -2.74. The summed E-state index contributed by atoms with van der Waals surface area (Å²) in [7, 11) is 0. The molecule has 0 aromatic carbocycles. The molecule has 1 unspecified atom stereocenters. The van der Waals surface area contributed by atoms with Gasteiger partial charge in [0.15, 0.2) is 0 Å². The molecule has 0 spiro atoms. The molecule has 12 atom stereocenters. The van der Waals surface area contributed by atoms with Gasteiger partial charge < -0.3 is 0 Å². The summed E-state index contributed by atoms with van der Waals surface area (Å²) in [5, 5.41) is 0. The second-order valence-electron chi connectivity index (χ2n) is 25.0. The molecular formula is C57H98. The second kappa shape index (κ2) is 16.7. The fraction of sp³-hybridized carbons (Fsp3) is 0.860. The van der Waals surface area contributed by atoms with Crippen molar-refractivity contribution in [3.63, 3.8) is 0 Å². The molecule has 0 aromatic heterocycles. The SMILES string of the molecule is C=C(C)C[C@H](C)[C@@H](CC(=C)CCCCCCCCC(=C)[C@]12CC[C@@H](C(=C)C)[C@]1(C)C1CC[C@]3(C)[C@@]4(C)CC[C@H](C)C(C)(C)[C@]4(C)CC[C@@]3(C)[C@]1(C)CC2)CC(C)C. The van der Waals surface area contributed by atoms with E-state index in [1.807, 2.05) is 0 Å². The molecule has 0 aliphatic heterocycles. The van der Waals surface area contributed by atoms with Crippen molar-refractivity contribution in [1.82, 2.24) is 0 Å². The molecular weight excluding hydrogens is 685 g/mol. The third-order valence-corrected chi connectivity index (χ3v) is 22.2. The minimum Gasteiger partial charge on any atom is -0.100 e. The Morgan fingerprint density at radius 1 is 0.596 bits per heavy atom. The van der Waals surface area contributed by atoms with Gasteiger partial charge in [-0.2, -0.15) is 0 Å². The van der Waals surface area contributed by atoms with Gasteiger partial charge in [0.05, 0.1) is 0 Å². The van der Waals surface area contributed by atoms with Crippen molar-refractivity contribution in [3.05, 3.63) is 48.6 Å². The molecule has 0 aromatic rings. The number of unbranched alkanes of at least 4 members (excludes halogenated alkanes) is 5. The Bertz CT molecular complexity index is 1490. The number of rotatable bonds is 18. The van der Waals surface area contributed by atoms with Gasteiger partial charge >= 0.3 is 0 Å². The van der Waals surface area contributed by atoms with Crippen LogP contribution in [0.25, 0.3) is 0 Å². The van der Waals surface area contributed by atoms with Gasteiger partial charge in [-0.1, -0.05) is 151 Å². The molecule has 57 heavy (non-hydrogen) atoms. The number of hydrogen-bond donors (Lipinski definition) is 0. The van der Waals surface area contributed by atoms with Crippen LogP contribution in [-0.2, 0) is 0 Å². The molecule has 5 aliphatic rings. The lowest BCUT2D eigenvalue weighted by Gasteiger charge is -2.81. The molecule has 0 N–H and O–H groups in total. The fourth-order valence-electron chi connectivity index (χ4n) is 17.5. The zero-order chi connectivity index (χ0) is 42.6. The minimum absolute atomic E-state index is 0.258. The van der Waals surface area contributed by atoms with Crippen LogP contribution in [0.1, 0.15) is 232 Å². The molecule has 326 valence electrons. The van der Waals surface area contributed by atoms with E-state index in [9.17, 15) is 0 Å². The molecule has 0 heterocycles. The Balaban J connectivity index is 1.22. The quantitative estimate of drug-likeness (QED) is 0.0960. The van der Waals surface area contributed by atoms with Gasteiger partial charge in [0.2, 0.25) is 0 Å². The van der Waals surface area contributed by atoms with Crippen molar-refractivity contribution >= 4 is 0 Å². The van der Waals surface area contributed by atoms with E-state index in [0.717, 1.165) is 30.1 Å². The average Bonchev–Trinajstić information content (AvgIpc) is 3.44. The summed E-state index contributed by atoms with van der Waals surface area (Å²) in [6, 6.07) is 0. The highest BCUT2D eigenvalue weighted by Crippen LogP contribution is 2.86. The van der Waals surface area contributed by atoms with Gasteiger partial charge in [0, 0.05) is 0 Å². The van der Waals surface area contributed by atoms with E-state index in [0.29, 0.717) is 44.3 Å². The highest BCUT2D eigenvalue weighted by molar-refractivity contribution is 5.33. The first-order valence-corrected chi connectivity index (χ1v) is 25.0. The normalized spacial score (nSPS) is 42.0. The van der Waals surface area contributed by atoms with Crippen LogP contribution in [0.4, 0.5) is 0 Å². The maximum Gasteiger partial charge on any atom is -0.00280 e. The zero-order valence-corrected chi connectivity index (χ0v) is 41.1. The molecule has 0 amide bonds. The molecule has 0 nitrogen and oxygen atoms in total. The van der Waals surface area contributed by atoms with E-state index in [2.05, 4.69) is 110 Å². The summed E-state index contributed by atoms with van der Waals surface area (Å²) in [4.78, 5) is 0. The van der Waals surface area contributed by atoms with Crippen LogP contribution in [0, 0.1) is 78.8 Å². The third-order valence-electron chi connectivity index (χ3n) is 22.2. The number of hydrogen-bond acceptors (Lipinski definition) is 0. The van der Waals surface area contributed by atoms with Crippen LogP contribution in [0.3, 0.4) is 0 Å². The summed E-state index contributed by atoms with van der Waals surface area (Å²) in [5.41, 5.74) is 8.61. The van der Waals surface area contributed by atoms with E-state index in [1.54, 1.807) is 5.57 Å². The summed E-state index contributed by atoms with van der Waals surface area (Å²) in [5.74, 6) is 4.36. The summed E-state index contributed by atoms with van der Waals surface area (Å²) < 4.78 is 0. The predicted molar refractivity (Wildman–Crippen MR) is 253 cm³/mol. The summed E-state index contributed by atoms with van der Waals surface area (Å²) in [6.45, 7) is 55.2. The third kappa shape index (κ3) is 7.24. The van der Waals surface area contributed by atoms with Gasteiger partial charge in [0.1, 0.15) is 0 Å². The van der Waals surface area contributed by atoms with Crippen LogP contribution >= 0.6 is 0 Å². The Labute approximate surface area is 357 Å². The summed E-state index contributed by atoms with van der Waals surface area (Å²) >= 11 is 0. The molecule has 5 saturated carbocycles. The largest absolute Gasteiger partial charge is 0.100 e. The molecule has 0 saturated heterocycles. The van der Waals surface area contributed by atoms with Crippen LogP contribution in [-0.4, -0.2) is 0 Å². The smallest absolute Gasteiger partial charge is 0.00280 e. The van der Waals surface area contributed by atoms with E-state index < -0.39 is 0 Å². The Kier molecular flexibility index (Phi) is 13.8. The Morgan fingerprint density at radius 2 is 1.16 bits per heavy atom. The van der Waals surface area contributed by atoms with Crippen molar-refractivity contribution in [2.75, 3.05) is 0 Å². The minimum atomic E-state index is 0.258. The summed E-state index contributed by atoms with van der Waals surface area (Å²) in [6.07, 6.45) is 28.0. The van der Waals surface area contributed by atoms with Crippen molar-refractivity contribution in [2.24, 2.45) is 78.8 Å². The first kappa shape index (κ1) is 47.0. The highest BCUT2D eigenvalue weighted by atomic mass is 14.8. The van der Waals surface area contributed by atoms with Gasteiger partial charge in [-0.05, 0) is 202 Å². The maximum absolute atomic E-state index is 5.11. The van der Waals surface area contributed by atoms with Crippen LogP contribution < -0.4 is 0 Å². The van der Waals surface area contributed by atoms with Gasteiger partial charge in [-0.15, -0.1) is 6.58 Å². The van der Waals surface area contributed by atoms with Crippen molar-refractivity contribution < 1.29 is 0 Å². The maximum atomic E-state index is 5.11. The van der Waals surface area contributed by atoms with Gasteiger partial charge in [-0.3, -0.25) is 0 Å². The van der Waals surface area contributed by atoms with Crippen LogP contribution in [0.15, 0.2) is 48.6 Å². The predicted octanol–water partition coefficient (Wildman–Crippen LogP) is 18.3. The number of fused-ring (bicyclic) bond motifs is 7. The van der Waals surface area contributed by atoms with Crippen molar-refractivity contribution in [3.8, 4) is 0 Å². The highest BCUT2D eigenvalue weighted by Gasteiger charge is 2.79. The fourth-order valence-corrected chi connectivity index (χ4v) is 17.5. The zero-order valence-electron chi connectivity index (χ0n) is 41.1. The molecule has 5 rings (SSSR count). The standard InChI is InChI=1S/C57H98/c1-40(2)37-44(8)47(38-41(3)4)39-43(7)25-23-21-19-20-22-24-26-46(10)57-32-28-48(42(5)6)56(57,18)49-29-31-55(17)53(15,51(49,13)33-36-57)35-34-52(14)50(11,12)45(9)27-30-54(52,55)16/h41,44-45,47-49H,1,5,7,10,19-39H2,2-4,6,8-9,11-18H3/t44-,45-,47+,48-,49?,51+,52-,53-,54-,55-,56+,57+/m0/s1. The molecule has 0 heteroatoms. The first-order chi connectivity index (χ1) is 26.3. The van der Waals surface area contributed by atoms with Crippen LogP contribution in [0.5, 0.6) is 0 Å². The average molecular weight is 783 g/mol. The molecule has 5 aliphatic carbocycles.